The summed E-state index contributed by atoms with van der Waals surface area (Å²) in [6, 6.07) is 3.09. The molecule has 1 rings (SSSR count). The van der Waals surface area contributed by atoms with Crippen molar-refractivity contribution in [2.75, 3.05) is 6.54 Å². The molecule has 0 spiro atoms. The summed E-state index contributed by atoms with van der Waals surface area (Å²) in [7, 11) is 0. The molecule has 0 aliphatic heterocycles. The summed E-state index contributed by atoms with van der Waals surface area (Å²) in [4.78, 5) is 1.01. The van der Waals surface area contributed by atoms with E-state index < -0.39 is 12.5 Å². The number of rotatable bonds is 6. The molecule has 4 heteroatoms. The normalized spacial score (nSPS) is 13.4. The number of hydrogen-bond acceptors (Lipinski definition) is 2. The summed E-state index contributed by atoms with van der Waals surface area (Å²) < 4.78 is 25.1. The van der Waals surface area contributed by atoms with E-state index in [-0.39, 0.29) is 0 Å². The standard InChI is InChI=1S/C10H15F2NS/c1-2-5-13-9(10(11)12)7-8-4-3-6-14-8/h3-4,6,9-10,13H,2,5,7H2,1H3. The van der Waals surface area contributed by atoms with E-state index in [1.54, 1.807) is 0 Å². The van der Waals surface area contributed by atoms with Crippen LogP contribution in [0.2, 0.25) is 0 Å². The molecule has 0 fully saturated rings. The fraction of sp³-hybridized carbons (Fsp3) is 0.600. The van der Waals surface area contributed by atoms with Crippen molar-refractivity contribution < 1.29 is 8.78 Å². The lowest BCUT2D eigenvalue weighted by Gasteiger charge is -2.16. The number of hydrogen-bond donors (Lipinski definition) is 1. The summed E-state index contributed by atoms with van der Waals surface area (Å²) in [5.41, 5.74) is 0. The highest BCUT2D eigenvalue weighted by Crippen LogP contribution is 2.14. The van der Waals surface area contributed by atoms with Crippen LogP contribution < -0.4 is 5.32 Å². The molecule has 80 valence electrons. The molecule has 1 aromatic rings. The zero-order chi connectivity index (χ0) is 10.4. The van der Waals surface area contributed by atoms with Crippen molar-refractivity contribution in [2.24, 2.45) is 0 Å². The summed E-state index contributed by atoms with van der Waals surface area (Å²) in [6.45, 7) is 2.63. The van der Waals surface area contributed by atoms with Crippen LogP contribution in [0.5, 0.6) is 0 Å². The molecule has 1 heterocycles. The Hall–Kier alpha value is -0.480. The van der Waals surface area contributed by atoms with Crippen LogP contribution in [-0.4, -0.2) is 19.0 Å². The van der Waals surface area contributed by atoms with Crippen molar-refractivity contribution in [3.63, 3.8) is 0 Å². The fourth-order valence-corrected chi connectivity index (χ4v) is 1.99. The molecule has 0 bridgehead atoms. The lowest BCUT2D eigenvalue weighted by atomic mass is 10.2. The Labute approximate surface area is 87.1 Å². The Morgan fingerprint density at radius 3 is 2.79 bits per heavy atom. The topological polar surface area (TPSA) is 12.0 Å². The van der Waals surface area contributed by atoms with Crippen LogP contribution in [0.15, 0.2) is 17.5 Å². The molecule has 1 unspecified atom stereocenters. The predicted octanol–water partition coefficient (Wildman–Crippen LogP) is 2.92. The van der Waals surface area contributed by atoms with Crippen LogP contribution in [0.25, 0.3) is 0 Å². The minimum atomic E-state index is -2.29. The van der Waals surface area contributed by atoms with E-state index in [2.05, 4.69) is 5.32 Å². The summed E-state index contributed by atoms with van der Waals surface area (Å²) in [5.74, 6) is 0. The second-order valence-electron chi connectivity index (χ2n) is 3.18. The molecule has 0 aromatic carbocycles. The Bertz CT molecular complexity index is 236. The highest BCUT2D eigenvalue weighted by molar-refractivity contribution is 7.09. The van der Waals surface area contributed by atoms with Gasteiger partial charge in [-0.15, -0.1) is 11.3 Å². The van der Waals surface area contributed by atoms with Gasteiger partial charge in [0, 0.05) is 11.3 Å². The van der Waals surface area contributed by atoms with E-state index in [1.165, 1.54) is 11.3 Å². The van der Waals surface area contributed by atoms with Crippen molar-refractivity contribution in [2.45, 2.75) is 32.2 Å². The SMILES string of the molecule is CCCNC(Cc1cccs1)C(F)F. The third-order valence-corrected chi connectivity index (χ3v) is 2.86. The maximum absolute atomic E-state index is 12.6. The van der Waals surface area contributed by atoms with Gasteiger partial charge in [-0.1, -0.05) is 13.0 Å². The summed E-state index contributed by atoms with van der Waals surface area (Å²) >= 11 is 1.53. The molecule has 1 atom stereocenters. The Morgan fingerprint density at radius 1 is 1.50 bits per heavy atom. The maximum Gasteiger partial charge on any atom is 0.254 e. The molecular formula is C10H15F2NS. The van der Waals surface area contributed by atoms with Crippen LogP contribution in [0.3, 0.4) is 0 Å². The van der Waals surface area contributed by atoms with E-state index in [0.29, 0.717) is 13.0 Å². The van der Waals surface area contributed by atoms with Crippen LogP contribution >= 0.6 is 11.3 Å². The monoisotopic (exact) mass is 219 g/mol. The van der Waals surface area contributed by atoms with Crippen molar-refractivity contribution in [1.82, 2.24) is 5.32 Å². The quantitative estimate of drug-likeness (QED) is 0.775. The van der Waals surface area contributed by atoms with Gasteiger partial charge in [0.2, 0.25) is 0 Å². The first-order valence-corrected chi connectivity index (χ1v) is 5.66. The second-order valence-corrected chi connectivity index (χ2v) is 4.21. The molecule has 1 N–H and O–H groups in total. The average molecular weight is 219 g/mol. The Balaban J connectivity index is 2.43. The predicted molar refractivity (Wildman–Crippen MR) is 56.1 cm³/mol. The van der Waals surface area contributed by atoms with E-state index >= 15 is 0 Å². The van der Waals surface area contributed by atoms with Gasteiger partial charge in [0.1, 0.15) is 0 Å². The van der Waals surface area contributed by atoms with Gasteiger partial charge in [0.15, 0.2) is 0 Å². The van der Waals surface area contributed by atoms with Gasteiger partial charge in [-0.3, -0.25) is 0 Å². The summed E-state index contributed by atoms with van der Waals surface area (Å²) in [5, 5.41) is 4.78. The fourth-order valence-electron chi connectivity index (χ4n) is 1.23. The molecule has 14 heavy (non-hydrogen) atoms. The zero-order valence-electron chi connectivity index (χ0n) is 8.17. The first kappa shape index (κ1) is 11.6. The zero-order valence-corrected chi connectivity index (χ0v) is 8.99. The number of alkyl halides is 2. The highest BCUT2D eigenvalue weighted by Gasteiger charge is 2.19. The minimum Gasteiger partial charge on any atom is -0.309 e. The Kier molecular flexibility index (Phi) is 5.04. The van der Waals surface area contributed by atoms with E-state index in [4.69, 9.17) is 0 Å². The minimum absolute atomic E-state index is 0.426. The van der Waals surface area contributed by atoms with E-state index in [9.17, 15) is 8.78 Å². The molecule has 0 radical (unpaired) electrons. The average Bonchev–Trinajstić information content (AvgIpc) is 2.64. The second kappa shape index (κ2) is 6.09. The van der Waals surface area contributed by atoms with Crippen molar-refractivity contribution in [1.29, 1.82) is 0 Å². The molecule has 1 aromatic heterocycles. The van der Waals surface area contributed by atoms with Crippen LogP contribution in [-0.2, 0) is 6.42 Å². The number of nitrogens with one attached hydrogen (secondary N) is 1. The number of halogens is 2. The first-order valence-electron chi connectivity index (χ1n) is 4.78. The summed E-state index contributed by atoms with van der Waals surface area (Å²) in [6.07, 6.45) is -0.980. The number of thiophene rings is 1. The van der Waals surface area contributed by atoms with Crippen LogP contribution in [0.1, 0.15) is 18.2 Å². The van der Waals surface area contributed by atoms with Crippen molar-refractivity contribution in [3.8, 4) is 0 Å². The van der Waals surface area contributed by atoms with Gasteiger partial charge < -0.3 is 5.32 Å². The molecular weight excluding hydrogens is 204 g/mol. The smallest absolute Gasteiger partial charge is 0.254 e. The first-order chi connectivity index (χ1) is 6.74. The molecule has 0 amide bonds. The van der Waals surface area contributed by atoms with Gasteiger partial charge in [-0.2, -0.15) is 0 Å². The molecule has 0 saturated heterocycles. The van der Waals surface area contributed by atoms with Gasteiger partial charge in [-0.05, 0) is 24.4 Å². The van der Waals surface area contributed by atoms with Gasteiger partial charge in [-0.25, -0.2) is 8.78 Å². The lowest BCUT2D eigenvalue weighted by molar-refractivity contribution is 0.0986. The van der Waals surface area contributed by atoms with Crippen LogP contribution in [0.4, 0.5) is 8.78 Å². The van der Waals surface area contributed by atoms with Gasteiger partial charge in [0.25, 0.3) is 6.43 Å². The van der Waals surface area contributed by atoms with E-state index in [1.807, 2.05) is 24.4 Å². The van der Waals surface area contributed by atoms with Crippen LogP contribution in [0, 0.1) is 0 Å². The maximum atomic E-state index is 12.6. The van der Waals surface area contributed by atoms with Crippen molar-refractivity contribution >= 4 is 11.3 Å². The highest BCUT2D eigenvalue weighted by atomic mass is 32.1. The molecule has 0 aliphatic carbocycles. The van der Waals surface area contributed by atoms with Gasteiger partial charge in [0.05, 0.1) is 6.04 Å². The Morgan fingerprint density at radius 2 is 2.29 bits per heavy atom. The molecule has 0 saturated carbocycles. The molecule has 1 nitrogen and oxygen atoms in total. The lowest BCUT2D eigenvalue weighted by Crippen LogP contribution is -2.37. The van der Waals surface area contributed by atoms with E-state index in [0.717, 1.165) is 11.3 Å². The largest absolute Gasteiger partial charge is 0.309 e. The third kappa shape index (κ3) is 3.72. The third-order valence-electron chi connectivity index (χ3n) is 1.96. The van der Waals surface area contributed by atoms with Crippen molar-refractivity contribution in [3.05, 3.63) is 22.4 Å². The van der Waals surface area contributed by atoms with Gasteiger partial charge >= 0.3 is 0 Å². The molecule has 0 aliphatic rings.